The molecule has 0 aliphatic rings. The highest BCUT2D eigenvalue weighted by Crippen LogP contribution is 2.39. The number of allylic oxidation sites excluding steroid dienone is 1. The molecule has 0 saturated carbocycles. The fourth-order valence-corrected chi connectivity index (χ4v) is 4.08. The SMILES string of the molecule is C=C(C)S/C(=C\N=C(C)c1ccc(C)cc1)C(=C)Sc1ccc(C)cc1C. The lowest BCUT2D eigenvalue weighted by Gasteiger charge is -2.12. The molecule has 0 fully saturated rings. The standard InChI is InChI=1S/C24H27NS2/c1-16(2)26-24(15-25-20(6)22-11-8-17(3)9-12-22)21(7)27-23-13-10-18(4)14-19(23)5/h8-15H,1,7H2,2-6H3/b24-15-,25-20?. The number of thioether (sulfide) groups is 2. The van der Waals surface area contributed by atoms with Crippen molar-refractivity contribution in [3.8, 4) is 0 Å². The van der Waals surface area contributed by atoms with E-state index < -0.39 is 0 Å². The lowest BCUT2D eigenvalue weighted by Crippen LogP contribution is -1.93. The van der Waals surface area contributed by atoms with Gasteiger partial charge in [-0.2, -0.15) is 0 Å². The summed E-state index contributed by atoms with van der Waals surface area (Å²) in [7, 11) is 0. The van der Waals surface area contributed by atoms with Crippen molar-refractivity contribution in [1.29, 1.82) is 0 Å². The lowest BCUT2D eigenvalue weighted by atomic mass is 10.1. The highest BCUT2D eigenvalue weighted by molar-refractivity contribution is 8.10. The second kappa shape index (κ2) is 9.82. The lowest BCUT2D eigenvalue weighted by molar-refractivity contribution is 1.27. The van der Waals surface area contributed by atoms with Crippen molar-refractivity contribution in [3.05, 3.63) is 98.8 Å². The molecule has 0 saturated heterocycles. The quantitative estimate of drug-likeness (QED) is 0.270. The Morgan fingerprint density at radius 3 is 2.15 bits per heavy atom. The Bertz CT molecular complexity index is 902. The van der Waals surface area contributed by atoms with Crippen molar-refractivity contribution in [2.45, 2.75) is 39.5 Å². The number of nitrogens with zero attached hydrogens (tertiary/aromatic N) is 1. The molecular formula is C24H27NS2. The summed E-state index contributed by atoms with van der Waals surface area (Å²) in [5.41, 5.74) is 5.90. The first-order valence-electron chi connectivity index (χ1n) is 8.85. The number of rotatable bonds is 7. The molecule has 2 rings (SSSR count). The molecule has 0 aromatic heterocycles. The van der Waals surface area contributed by atoms with Gasteiger partial charge in [-0.3, -0.25) is 4.99 Å². The fourth-order valence-electron chi connectivity index (χ4n) is 2.46. The summed E-state index contributed by atoms with van der Waals surface area (Å²) in [5, 5.41) is 0. The van der Waals surface area contributed by atoms with Crippen molar-refractivity contribution in [2.24, 2.45) is 4.99 Å². The van der Waals surface area contributed by atoms with E-state index in [1.165, 1.54) is 21.6 Å². The van der Waals surface area contributed by atoms with Gasteiger partial charge in [0.15, 0.2) is 0 Å². The van der Waals surface area contributed by atoms with Crippen molar-refractivity contribution >= 4 is 29.2 Å². The minimum atomic E-state index is 0.982. The number of hydrogen-bond donors (Lipinski definition) is 0. The fraction of sp³-hybridized carbons (Fsp3) is 0.208. The Kier molecular flexibility index (Phi) is 7.76. The minimum Gasteiger partial charge on any atom is -0.260 e. The molecule has 2 aromatic carbocycles. The van der Waals surface area contributed by atoms with E-state index in [2.05, 4.69) is 76.4 Å². The molecule has 3 heteroatoms. The van der Waals surface area contributed by atoms with Crippen LogP contribution in [-0.2, 0) is 0 Å². The second-order valence-electron chi connectivity index (χ2n) is 6.67. The summed E-state index contributed by atoms with van der Waals surface area (Å²) in [6.45, 7) is 18.7. The van der Waals surface area contributed by atoms with Gasteiger partial charge in [0, 0.05) is 26.6 Å². The molecule has 140 valence electrons. The molecule has 0 spiro atoms. The van der Waals surface area contributed by atoms with Crippen LogP contribution in [-0.4, -0.2) is 5.71 Å². The van der Waals surface area contributed by atoms with Crippen LogP contribution in [0.1, 0.15) is 36.1 Å². The smallest absolute Gasteiger partial charge is 0.0445 e. The largest absolute Gasteiger partial charge is 0.260 e. The number of aryl methyl sites for hydroxylation is 3. The summed E-state index contributed by atoms with van der Waals surface area (Å²) < 4.78 is 0. The van der Waals surface area contributed by atoms with Crippen molar-refractivity contribution in [2.75, 3.05) is 0 Å². The van der Waals surface area contributed by atoms with Crippen LogP contribution in [0.2, 0.25) is 0 Å². The van der Waals surface area contributed by atoms with Gasteiger partial charge < -0.3 is 0 Å². The molecule has 0 heterocycles. The third kappa shape index (κ3) is 6.60. The predicted octanol–water partition coefficient (Wildman–Crippen LogP) is 7.84. The normalized spacial score (nSPS) is 12.2. The minimum absolute atomic E-state index is 0.982. The predicted molar refractivity (Wildman–Crippen MR) is 125 cm³/mol. The van der Waals surface area contributed by atoms with Crippen LogP contribution in [0, 0.1) is 20.8 Å². The summed E-state index contributed by atoms with van der Waals surface area (Å²) in [6, 6.07) is 14.9. The van der Waals surface area contributed by atoms with Gasteiger partial charge in [-0.1, -0.05) is 84.2 Å². The van der Waals surface area contributed by atoms with Crippen LogP contribution in [0.3, 0.4) is 0 Å². The molecule has 0 amide bonds. The Labute approximate surface area is 172 Å². The Morgan fingerprint density at radius 1 is 0.926 bits per heavy atom. The van der Waals surface area contributed by atoms with Gasteiger partial charge in [0.2, 0.25) is 0 Å². The van der Waals surface area contributed by atoms with Crippen LogP contribution in [0.25, 0.3) is 0 Å². The monoisotopic (exact) mass is 393 g/mol. The third-order valence-electron chi connectivity index (χ3n) is 3.97. The molecule has 0 aliphatic carbocycles. The molecule has 2 aromatic rings. The average Bonchev–Trinajstić information content (AvgIpc) is 2.61. The maximum atomic E-state index is 4.70. The molecule has 0 bridgehead atoms. The number of aliphatic imine (C=N–C) groups is 1. The van der Waals surface area contributed by atoms with Crippen LogP contribution < -0.4 is 0 Å². The molecule has 27 heavy (non-hydrogen) atoms. The average molecular weight is 394 g/mol. The van der Waals surface area contributed by atoms with Crippen LogP contribution in [0.5, 0.6) is 0 Å². The Morgan fingerprint density at radius 2 is 1.56 bits per heavy atom. The zero-order valence-corrected chi connectivity index (χ0v) is 18.4. The molecule has 0 atom stereocenters. The first-order chi connectivity index (χ1) is 12.8. The second-order valence-corrected chi connectivity index (χ2v) is 9.15. The third-order valence-corrected chi connectivity index (χ3v) is 6.16. The van der Waals surface area contributed by atoms with Crippen molar-refractivity contribution in [1.82, 2.24) is 0 Å². The first kappa shape index (κ1) is 21.3. The van der Waals surface area contributed by atoms with Gasteiger partial charge in [0.1, 0.15) is 0 Å². The zero-order chi connectivity index (χ0) is 20.0. The molecule has 0 aliphatic heterocycles. The van der Waals surface area contributed by atoms with Gasteiger partial charge in [-0.25, -0.2) is 0 Å². The van der Waals surface area contributed by atoms with Crippen molar-refractivity contribution < 1.29 is 0 Å². The maximum absolute atomic E-state index is 4.70. The zero-order valence-electron chi connectivity index (χ0n) is 16.8. The van der Waals surface area contributed by atoms with E-state index >= 15 is 0 Å². The van der Waals surface area contributed by atoms with E-state index in [0.29, 0.717) is 0 Å². The van der Waals surface area contributed by atoms with E-state index in [1.807, 2.05) is 20.0 Å². The first-order valence-corrected chi connectivity index (χ1v) is 10.5. The maximum Gasteiger partial charge on any atom is 0.0445 e. The van der Waals surface area contributed by atoms with Gasteiger partial charge >= 0.3 is 0 Å². The van der Waals surface area contributed by atoms with E-state index in [9.17, 15) is 0 Å². The highest BCUT2D eigenvalue weighted by Gasteiger charge is 2.09. The molecule has 0 unspecified atom stereocenters. The van der Waals surface area contributed by atoms with E-state index in [1.54, 1.807) is 23.5 Å². The summed E-state index contributed by atoms with van der Waals surface area (Å²) in [4.78, 5) is 8.94. The van der Waals surface area contributed by atoms with Crippen LogP contribution >= 0.6 is 23.5 Å². The van der Waals surface area contributed by atoms with Crippen LogP contribution in [0.15, 0.2) is 86.4 Å². The Hall–Kier alpha value is -1.97. The highest BCUT2D eigenvalue weighted by atomic mass is 32.2. The summed E-state index contributed by atoms with van der Waals surface area (Å²) >= 11 is 3.30. The summed E-state index contributed by atoms with van der Waals surface area (Å²) in [6.07, 6.45) is 1.91. The van der Waals surface area contributed by atoms with E-state index in [-0.39, 0.29) is 0 Å². The molecule has 0 radical (unpaired) electrons. The van der Waals surface area contributed by atoms with E-state index in [4.69, 9.17) is 4.99 Å². The van der Waals surface area contributed by atoms with Gasteiger partial charge in [0.25, 0.3) is 0 Å². The van der Waals surface area contributed by atoms with Crippen LogP contribution in [0.4, 0.5) is 0 Å². The molecule has 0 N–H and O–H groups in total. The van der Waals surface area contributed by atoms with Gasteiger partial charge in [0.05, 0.1) is 0 Å². The van der Waals surface area contributed by atoms with E-state index in [0.717, 1.165) is 26.0 Å². The number of hydrogen-bond acceptors (Lipinski definition) is 3. The Balaban J connectivity index is 2.26. The topological polar surface area (TPSA) is 12.4 Å². The molecular weight excluding hydrogens is 366 g/mol. The van der Waals surface area contributed by atoms with Gasteiger partial charge in [-0.15, -0.1) is 0 Å². The molecule has 1 nitrogen and oxygen atoms in total. The van der Waals surface area contributed by atoms with Crippen molar-refractivity contribution in [3.63, 3.8) is 0 Å². The summed E-state index contributed by atoms with van der Waals surface area (Å²) in [5.74, 6) is 0. The number of benzene rings is 2. The van der Waals surface area contributed by atoms with Gasteiger partial charge in [-0.05, 0) is 56.7 Å².